The van der Waals surface area contributed by atoms with Crippen LogP contribution in [0.5, 0.6) is 0 Å². The summed E-state index contributed by atoms with van der Waals surface area (Å²) in [5.74, 6) is 0.0955. The van der Waals surface area contributed by atoms with Gasteiger partial charge in [-0.25, -0.2) is 4.98 Å². The molecule has 18 heavy (non-hydrogen) atoms. The lowest BCUT2D eigenvalue weighted by atomic mass is 10.0. The second-order valence-corrected chi connectivity index (χ2v) is 6.28. The molecule has 1 aromatic rings. The number of nitrogens with zero attached hydrogens (tertiary/aromatic N) is 2. The first kappa shape index (κ1) is 13.5. The highest BCUT2D eigenvalue weighted by Crippen LogP contribution is 2.27. The van der Waals surface area contributed by atoms with Gasteiger partial charge in [-0.3, -0.25) is 4.79 Å². The third-order valence-electron chi connectivity index (χ3n) is 3.18. The van der Waals surface area contributed by atoms with Crippen molar-refractivity contribution >= 4 is 17.2 Å². The fourth-order valence-electron chi connectivity index (χ4n) is 2.20. The molecular weight excluding hydrogens is 246 g/mol. The minimum atomic E-state index is -0.0792. The molecule has 0 aromatic carbocycles. The number of aromatic nitrogens is 1. The molecule has 4 nitrogen and oxygen atoms in total. The van der Waals surface area contributed by atoms with Gasteiger partial charge >= 0.3 is 0 Å². The van der Waals surface area contributed by atoms with E-state index in [4.69, 9.17) is 5.73 Å². The van der Waals surface area contributed by atoms with Gasteiger partial charge < -0.3 is 10.6 Å². The Morgan fingerprint density at radius 1 is 1.50 bits per heavy atom. The van der Waals surface area contributed by atoms with Crippen molar-refractivity contribution < 1.29 is 4.79 Å². The minimum Gasteiger partial charge on any atom is -0.339 e. The van der Waals surface area contributed by atoms with Crippen LogP contribution < -0.4 is 5.73 Å². The standard InChI is InChI=1S/C13H21N3OS/c1-9(14)7-13(17)16(2)8-12-15-10-5-3-4-6-11(10)18-12/h9H,3-8,14H2,1-2H3. The third-order valence-corrected chi connectivity index (χ3v) is 4.33. The Kier molecular flexibility index (Phi) is 4.35. The van der Waals surface area contributed by atoms with Crippen LogP contribution in [0.4, 0.5) is 0 Å². The summed E-state index contributed by atoms with van der Waals surface area (Å²) in [5, 5.41) is 1.06. The van der Waals surface area contributed by atoms with Crippen LogP contribution in [-0.4, -0.2) is 28.9 Å². The molecule has 0 radical (unpaired) electrons. The van der Waals surface area contributed by atoms with Crippen molar-refractivity contribution in [2.45, 2.75) is 51.6 Å². The Morgan fingerprint density at radius 3 is 2.89 bits per heavy atom. The zero-order chi connectivity index (χ0) is 13.1. The van der Waals surface area contributed by atoms with Crippen LogP contribution in [0, 0.1) is 0 Å². The molecule has 0 aliphatic heterocycles. The van der Waals surface area contributed by atoms with Crippen molar-refractivity contribution in [1.82, 2.24) is 9.88 Å². The van der Waals surface area contributed by atoms with Crippen LogP contribution in [-0.2, 0) is 24.2 Å². The zero-order valence-corrected chi connectivity index (χ0v) is 11.9. The highest BCUT2D eigenvalue weighted by molar-refractivity contribution is 7.11. The van der Waals surface area contributed by atoms with Crippen LogP contribution in [0.1, 0.15) is 41.8 Å². The van der Waals surface area contributed by atoms with Crippen LogP contribution >= 0.6 is 11.3 Å². The van der Waals surface area contributed by atoms with Crippen LogP contribution in [0.25, 0.3) is 0 Å². The summed E-state index contributed by atoms with van der Waals surface area (Å²) in [6, 6.07) is -0.0792. The molecule has 100 valence electrons. The fourth-order valence-corrected chi connectivity index (χ4v) is 3.41. The molecule has 0 saturated carbocycles. The molecule has 2 N–H and O–H groups in total. The second kappa shape index (κ2) is 5.80. The van der Waals surface area contributed by atoms with E-state index in [1.165, 1.54) is 23.4 Å². The molecule has 1 amide bonds. The van der Waals surface area contributed by atoms with Gasteiger partial charge in [0, 0.05) is 24.4 Å². The van der Waals surface area contributed by atoms with Gasteiger partial charge in [0.15, 0.2) is 0 Å². The van der Waals surface area contributed by atoms with Crippen molar-refractivity contribution in [3.05, 3.63) is 15.6 Å². The van der Waals surface area contributed by atoms with E-state index in [1.807, 2.05) is 14.0 Å². The van der Waals surface area contributed by atoms with E-state index in [-0.39, 0.29) is 11.9 Å². The molecule has 1 atom stereocenters. The number of fused-ring (bicyclic) bond motifs is 1. The molecule has 0 fully saturated rings. The molecule has 0 bridgehead atoms. The normalized spacial score (nSPS) is 16.2. The van der Waals surface area contributed by atoms with Crippen molar-refractivity contribution in [2.24, 2.45) is 5.73 Å². The predicted molar refractivity (Wildman–Crippen MR) is 73.5 cm³/mol. The van der Waals surface area contributed by atoms with E-state index < -0.39 is 0 Å². The van der Waals surface area contributed by atoms with Gasteiger partial charge in [0.2, 0.25) is 5.91 Å². The monoisotopic (exact) mass is 267 g/mol. The molecule has 1 aliphatic carbocycles. The summed E-state index contributed by atoms with van der Waals surface area (Å²) < 4.78 is 0. The van der Waals surface area contributed by atoms with Gasteiger partial charge in [0.25, 0.3) is 0 Å². The number of nitrogens with two attached hydrogens (primary N) is 1. The zero-order valence-electron chi connectivity index (χ0n) is 11.1. The van der Waals surface area contributed by atoms with Crippen LogP contribution in [0.2, 0.25) is 0 Å². The SMILES string of the molecule is CC(N)CC(=O)N(C)Cc1nc2c(s1)CCCC2. The molecule has 1 aliphatic rings. The molecule has 1 unspecified atom stereocenters. The first-order valence-electron chi connectivity index (χ1n) is 6.53. The van der Waals surface area contributed by atoms with E-state index in [9.17, 15) is 4.79 Å². The Hall–Kier alpha value is -0.940. The third kappa shape index (κ3) is 3.29. The number of hydrogen-bond donors (Lipinski definition) is 1. The van der Waals surface area contributed by atoms with Gasteiger partial charge in [0.05, 0.1) is 12.2 Å². The average Bonchev–Trinajstić information content (AvgIpc) is 2.69. The van der Waals surface area contributed by atoms with Gasteiger partial charge in [-0.2, -0.15) is 0 Å². The van der Waals surface area contributed by atoms with Gasteiger partial charge in [-0.15, -0.1) is 11.3 Å². The maximum absolute atomic E-state index is 11.8. The van der Waals surface area contributed by atoms with E-state index in [1.54, 1.807) is 16.2 Å². The summed E-state index contributed by atoms with van der Waals surface area (Å²) in [7, 11) is 1.82. The Balaban J connectivity index is 1.96. The number of aryl methyl sites for hydroxylation is 2. The number of carbonyl (C=O) groups excluding carboxylic acids is 1. The number of thiazole rings is 1. The van der Waals surface area contributed by atoms with Crippen LogP contribution in [0.15, 0.2) is 0 Å². The van der Waals surface area contributed by atoms with E-state index >= 15 is 0 Å². The topological polar surface area (TPSA) is 59.2 Å². The summed E-state index contributed by atoms with van der Waals surface area (Å²) >= 11 is 1.76. The summed E-state index contributed by atoms with van der Waals surface area (Å²) in [6.07, 6.45) is 5.18. The first-order valence-corrected chi connectivity index (χ1v) is 7.35. The van der Waals surface area contributed by atoms with Crippen LogP contribution in [0.3, 0.4) is 0 Å². The quantitative estimate of drug-likeness (QED) is 0.903. The minimum absolute atomic E-state index is 0.0792. The molecule has 1 heterocycles. The van der Waals surface area contributed by atoms with Crippen molar-refractivity contribution in [1.29, 1.82) is 0 Å². The first-order chi connectivity index (χ1) is 8.56. The second-order valence-electron chi connectivity index (χ2n) is 5.12. The molecule has 2 rings (SSSR count). The lowest BCUT2D eigenvalue weighted by Gasteiger charge is -2.16. The smallest absolute Gasteiger partial charge is 0.224 e. The molecule has 1 aromatic heterocycles. The Labute approximate surface area is 112 Å². The summed E-state index contributed by atoms with van der Waals surface area (Å²) in [4.78, 5) is 19.6. The average molecular weight is 267 g/mol. The number of carbonyl (C=O) groups is 1. The molecule has 0 spiro atoms. The predicted octanol–water partition coefficient (Wildman–Crippen LogP) is 1.72. The Morgan fingerprint density at radius 2 is 2.22 bits per heavy atom. The van der Waals surface area contributed by atoms with Crippen molar-refractivity contribution in [3.8, 4) is 0 Å². The maximum atomic E-state index is 11.8. The number of rotatable bonds is 4. The number of amides is 1. The number of hydrogen-bond acceptors (Lipinski definition) is 4. The molecular formula is C13H21N3OS. The molecule has 5 heteroatoms. The van der Waals surface area contributed by atoms with E-state index in [0.29, 0.717) is 13.0 Å². The lowest BCUT2D eigenvalue weighted by molar-refractivity contribution is -0.130. The summed E-state index contributed by atoms with van der Waals surface area (Å²) in [5.41, 5.74) is 6.90. The van der Waals surface area contributed by atoms with Gasteiger partial charge in [-0.1, -0.05) is 0 Å². The van der Waals surface area contributed by atoms with Crippen molar-refractivity contribution in [3.63, 3.8) is 0 Å². The Bertz CT molecular complexity index is 404. The largest absolute Gasteiger partial charge is 0.339 e. The lowest BCUT2D eigenvalue weighted by Crippen LogP contribution is -2.31. The summed E-state index contributed by atoms with van der Waals surface area (Å²) in [6.45, 7) is 2.47. The molecule has 0 saturated heterocycles. The van der Waals surface area contributed by atoms with E-state index in [0.717, 1.165) is 17.8 Å². The maximum Gasteiger partial charge on any atom is 0.224 e. The highest BCUT2D eigenvalue weighted by atomic mass is 32.1. The van der Waals surface area contributed by atoms with Crippen molar-refractivity contribution in [2.75, 3.05) is 7.05 Å². The fraction of sp³-hybridized carbons (Fsp3) is 0.692. The van der Waals surface area contributed by atoms with Gasteiger partial charge in [-0.05, 0) is 32.6 Å². The highest BCUT2D eigenvalue weighted by Gasteiger charge is 2.17. The van der Waals surface area contributed by atoms with E-state index in [2.05, 4.69) is 4.98 Å². The van der Waals surface area contributed by atoms with Gasteiger partial charge in [0.1, 0.15) is 5.01 Å².